The van der Waals surface area contributed by atoms with Crippen molar-refractivity contribution >= 4 is 0 Å². The second-order valence-corrected chi connectivity index (χ2v) is 5.36. The van der Waals surface area contributed by atoms with Crippen LogP contribution in [-0.2, 0) is 0 Å². The van der Waals surface area contributed by atoms with Gasteiger partial charge >= 0.3 is 0 Å². The van der Waals surface area contributed by atoms with Gasteiger partial charge in [0.1, 0.15) is 17.3 Å². The maximum atomic E-state index is 5.77. The number of hydrogen-bond acceptors (Lipinski definition) is 3. The maximum absolute atomic E-state index is 5.77. The Kier molecular flexibility index (Phi) is 3.67. The largest absolute Gasteiger partial charge is 0.497 e. The van der Waals surface area contributed by atoms with Crippen molar-refractivity contribution in [3.63, 3.8) is 0 Å². The Balaban J connectivity index is 1.80. The molecule has 3 heteroatoms. The standard InChI is InChI=1S/C21H15O3/c1-22-17-9-7-15(8-10-17)18-11-13-24-21(18)19-12-14-23-20(19)16-5-3-2-4-6-16/h2-13H,1H3. The van der Waals surface area contributed by atoms with Gasteiger partial charge in [-0.3, -0.25) is 0 Å². The van der Waals surface area contributed by atoms with Gasteiger partial charge in [-0.1, -0.05) is 42.5 Å². The zero-order chi connectivity index (χ0) is 16.4. The van der Waals surface area contributed by atoms with E-state index in [2.05, 4.69) is 6.26 Å². The van der Waals surface area contributed by atoms with Gasteiger partial charge in [0.25, 0.3) is 0 Å². The minimum Gasteiger partial charge on any atom is -0.497 e. The van der Waals surface area contributed by atoms with Crippen LogP contribution in [0.1, 0.15) is 0 Å². The van der Waals surface area contributed by atoms with Crippen LogP contribution in [0.5, 0.6) is 5.75 Å². The molecule has 3 nitrogen and oxygen atoms in total. The number of furan rings is 2. The van der Waals surface area contributed by atoms with E-state index < -0.39 is 0 Å². The molecule has 0 amide bonds. The van der Waals surface area contributed by atoms with Gasteiger partial charge in [0.15, 0.2) is 6.26 Å². The molecule has 0 N–H and O–H groups in total. The number of ether oxygens (including phenoxy) is 1. The summed E-state index contributed by atoms with van der Waals surface area (Å²) in [5.74, 6) is 2.34. The maximum Gasteiger partial charge on any atom is 0.170 e. The summed E-state index contributed by atoms with van der Waals surface area (Å²) in [6.45, 7) is 0. The Morgan fingerprint density at radius 1 is 0.792 bits per heavy atom. The van der Waals surface area contributed by atoms with E-state index in [0.29, 0.717) is 0 Å². The summed E-state index contributed by atoms with van der Waals surface area (Å²) in [7, 11) is 1.66. The molecule has 0 aliphatic carbocycles. The predicted molar refractivity (Wildman–Crippen MR) is 92.7 cm³/mol. The summed E-state index contributed by atoms with van der Waals surface area (Å²) < 4.78 is 16.6. The molecular weight excluding hydrogens is 300 g/mol. The summed E-state index contributed by atoms with van der Waals surface area (Å²) in [6.07, 6.45) is 4.52. The van der Waals surface area contributed by atoms with Crippen molar-refractivity contribution < 1.29 is 13.6 Å². The van der Waals surface area contributed by atoms with Crippen LogP contribution in [0.4, 0.5) is 0 Å². The highest BCUT2D eigenvalue weighted by Crippen LogP contribution is 2.39. The van der Waals surface area contributed by atoms with Crippen LogP contribution in [0.15, 0.2) is 81.8 Å². The van der Waals surface area contributed by atoms with Gasteiger partial charge in [-0.25, -0.2) is 0 Å². The van der Waals surface area contributed by atoms with Crippen LogP contribution in [0.25, 0.3) is 33.8 Å². The molecule has 0 spiro atoms. The first-order valence-corrected chi connectivity index (χ1v) is 7.64. The average Bonchev–Trinajstić information content (AvgIpc) is 3.31. The SMILES string of the molecule is COc1ccc(-c2ccoc2-c2c[c]oc2-c2ccccc2)cc1. The zero-order valence-electron chi connectivity index (χ0n) is 13.2. The van der Waals surface area contributed by atoms with Gasteiger partial charge in [-0.15, -0.1) is 0 Å². The van der Waals surface area contributed by atoms with Crippen molar-refractivity contribution in [1.29, 1.82) is 0 Å². The minimum absolute atomic E-state index is 0.750. The van der Waals surface area contributed by atoms with Gasteiger partial charge in [-0.2, -0.15) is 0 Å². The Bertz CT molecular complexity index is 931. The lowest BCUT2D eigenvalue weighted by atomic mass is 10.0. The molecular formula is C21H15O3. The predicted octanol–water partition coefficient (Wildman–Crippen LogP) is 5.68. The Hall–Kier alpha value is -3.20. The Labute approximate surface area is 140 Å². The van der Waals surface area contributed by atoms with Crippen LogP contribution >= 0.6 is 0 Å². The molecule has 24 heavy (non-hydrogen) atoms. The molecule has 0 fully saturated rings. The molecule has 2 aromatic heterocycles. The number of hydrogen-bond donors (Lipinski definition) is 0. The molecule has 0 aliphatic rings. The smallest absolute Gasteiger partial charge is 0.170 e. The van der Waals surface area contributed by atoms with Crippen molar-refractivity contribution in [2.75, 3.05) is 7.11 Å². The molecule has 4 aromatic rings. The molecule has 2 heterocycles. The second kappa shape index (κ2) is 6.13. The van der Waals surface area contributed by atoms with Crippen molar-refractivity contribution in [3.05, 3.63) is 79.3 Å². The van der Waals surface area contributed by atoms with Crippen molar-refractivity contribution in [2.45, 2.75) is 0 Å². The third-order valence-electron chi connectivity index (χ3n) is 3.96. The van der Waals surface area contributed by atoms with Crippen LogP contribution < -0.4 is 4.74 Å². The highest BCUT2D eigenvalue weighted by molar-refractivity contribution is 5.86. The molecule has 1 radical (unpaired) electrons. The minimum atomic E-state index is 0.750. The molecule has 0 bridgehead atoms. The van der Waals surface area contributed by atoms with Gasteiger partial charge in [0, 0.05) is 11.1 Å². The van der Waals surface area contributed by atoms with E-state index in [0.717, 1.165) is 39.5 Å². The summed E-state index contributed by atoms with van der Waals surface area (Å²) in [6, 6.07) is 21.6. The highest BCUT2D eigenvalue weighted by atomic mass is 16.5. The number of benzene rings is 2. The zero-order valence-corrected chi connectivity index (χ0v) is 13.2. The number of methoxy groups -OCH3 is 1. The third-order valence-corrected chi connectivity index (χ3v) is 3.96. The fraction of sp³-hybridized carbons (Fsp3) is 0.0476. The van der Waals surface area contributed by atoms with E-state index in [1.54, 1.807) is 13.4 Å². The monoisotopic (exact) mass is 315 g/mol. The lowest BCUT2D eigenvalue weighted by Gasteiger charge is -2.05. The Morgan fingerprint density at radius 2 is 1.58 bits per heavy atom. The average molecular weight is 315 g/mol. The van der Waals surface area contributed by atoms with Crippen LogP contribution in [-0.4, -0.2) is 7.11 Å². The molecule has 2 aromatic carbocycles. The summed E-state index contributed by atoms with van der Waals surface area (Å²) in [4.78, 5) is 0. The van der Waals surface area contributed by atoms with E-state index in [1.165, 1.54) is 0 Å². The fourth-order valence-electron chi connectivity index (χ4n) is 2.76. The van der Waals surface area contributed by atoms with E-state index in [4.69, 9.17) is 13.6 Å². The van der Waals surface area contributed by atoms with Crippen LogP contribution in [0.3, 0.4) is 0 Å². The van der Waals surface area contributed by atoms with Gasteiger partial charge in [0.05, 0.1) is 18.9 Å². The molecule has 0 saturated heterocycles. The molecule has 0 saturated carbocycles. The molecule has 117 valence electrons. The fourth-order valence-corrected chi connectivity index (χ4v) is 2.76. The van der Waals surface area contributed by atoms with Crippen LogP contribution in [0, 0.1) is 6.26 Å². The highest BCUT2D eigenvalue weighted by Gasteiger charge is 2.18. The van der Waals surface area contributed by atoms with Gasteiger partial charge < -0.3 is 13.6 Å². The molecule has 4 rings (SSSR count). The normalized spacial score (nSPS) is 10.7. The first-order valence-electron chi connectivity index (χ1n) is 7.64. The van der Waals surface area contributed by atoms with Gasteiger partial charge in [0.2, 0.25) is 0 Å². The molecule has 0 atom stereocenters. The van der Waals surface area contributed by atoms with Crippen molar-refractivity contribution in [3.8, 4) is 39.5 Å². The summed E-state index contributed by atoms with van der Waals surface area (Å²) >= 11 is 0. The lowest BCUT2D eigenvalue weighted by Crippen LogP contribution is -1.84. The van der Waals surface area contributed by atoms with E-state index in [-0.39, 0.29) is 0 Å². The van der Waals surface area contributed by atoms with Crippen molar-refractivity contribution in [2.24, 2.45) is 0 Å². The molecule has 0 aliphatic heterocycles. The van der Waals surface area contributed by atoms with E-state index >= 15 is 0 Å². The summed E-state index contributed by atoms with van der Waals surface area (Å²) in [5, 5.41) is 0. The quantitative estimate of drug-likeness (QED) is 0.486. The van der Waals surface area contributed by atoms with E-state index in [9.17, 15) is 0 Å². The van der Waals surface area contributed by atoms with Crippen molar-refractivity contribution in [1.82, 2.24) is 0 Å². The topological polar surface area (TPSA) is 35.5 Å². The van der Waals surface area contributed by atoms with E-state index in [1.807, 2.05) is 66.7 Å². The number of rotatable bonds is 4. The first kappa shape index (κ1) is 14.4. The lowest BCUT2D eigenvalue weighted by molar-refractivity contribution is 0.415. The van der Waals surface area contributed by atoms with Crippen LogP contribution in [0.2, 0.25) is 0 Å². The first-order chi connectivity index (χ1) is 11.9. The molecule has 0 unspecified atom stereocenters. The third kappa shape index (κ3) is 2.50. The second-order valence-electron chi connectivity index (χ2n) is 5.36. The Morgan fingerprint density at radius 3 is 2.33 bits per heavy atom. The van der Waals surface area contributed by atoms with Gasteiger partial charge in [-0.05, 0) is 29.8 Å². The summed E-state index contributed by atoms with van der Waals surface area (Å²) in [5.41, 5.74) is 3.94.